The molecule has 1 aliphatic rings. The molecule has 37 heavy (non-hydrogen) atoms. The molecule has 2 atom stereocenters. The maximum Gasteiger partial charge on any atom is 0.253 e. The lowest BCUT2D eigenvalue weighted by Crippen LogP contribution is -2.40. The van der Waals surface area contributed by atoms with Gasteiger partial charge in [0.1, 0.15) is 17.6 Å². The molecule has 4 aromatic rings. The molecule has 1 aromatic carbocycles. The Bertz CT molecular complexity index is 1400. The normalized spacial score (nSPS) is 18.2. The first-order chi connectivity index (χ1) is 17.9. The van der Waals surface area contributed by atoms with Gasteiger partial charge in [-0.1, -0.05) is 12.1 Å². The number of hydrogen-bond donors (Lipinski definition) is 1. The van der Waals surface area contributed by atoms with Crippen molar-refractivity contribution in [1.82, 2.24) is 24.3 Å². The number of halogens is 1. The molecule has 0 aliphatic carbocycles. The van der Waals surface area contributed by atoms with Crippen molar-refractivity contribution in [3.8, 4) is 11.1 Å². The summed E-state index contributed by atoms with van der Waals surface area (Å²) in [6, 6.07) is 15.6. The van der Waals surface area contributed by atoms with Gasteiger partial charge < -0.3 is 14.8 Å². The van der Waals surface area contributed by atoms with Gasteiger partial charge in [-0.05, 0) is 60.5 Å². The molecule has 0 radical (unpaired) electrons. The Labute approximate surface area is 216 Å². The Kier molecular flexibility index (Phi) is 6.93. The molecule has 1 saturated heterocycles. The molecule has 0 saturated carbocycles. The summed E-state index contributed by atoms with van der Waals surface area (Å²) in [6.45, 7) is 1.84. The quantitative estimate of drug-likeness (QED) is 0.416. The monoisotopic (exact) mass is 500 g/mol. The van der Waals surface area contributed by atoms with Crippen molar-refractivity contribution in [1.29, 1.82) is 0 Å². The number of likely N-dealkylation sites (tertiary alicyclic amines) is 1. The van der Waals surface area contributed by atoms with Crippen LogP contribution in [0.3, 0.4) is 0 Å². The molecule has 8 heteroatoms. The van der Waals surface area contributed by atoms with Crippen molar-refractivity contribution in [2.24, 2.45) is 7.05 Å². The van der Waals surface area contributed by atoms with E-state index in [1.54, 1.807) is 31.1 Å². The second kappa shape index (κ2) is 10.3. The highest BCUT2D eigenvalue weighted by molar-refractivity contribution is 5.94. The zero-order valence-corrected chi connectivity index (χ0v) is 21.8. The number of nitrogens with zero attached hydrogens (tertiary/aromatic N) is 5. The number of pyridine rings is 2. The number of hydrogen-bond acceptors (Lipinski definition) is 5. The van der Waals surface area contributed by atoms with Gasteiger partial charge >= 0.3 is 0 Å². The number of rotatable bonds is 6. The van der Waals surface area contributed by atoms with Crippen LogP contribution < -0.4 is 5.32 Å². The van der Waals surface area contributed by atoms with Gasteiger partial charge in [-0.15, -0.1) is 0 Å². The summed E-state index contributed by atoms with van der Waals surface area (Å²) in [7, 11) is 7.33. The smallest absolute Gasteiger partial charge is 0.253 e. The molecule has 0 bridgehead atoms. The van der Waals surface area contributed by atoms with Gasteiger partial charge in [-0.2, -0.15) is 0 Å². The average Bonchev–Trinajstić information content (AvgIpc) is 3.23. The maximum atomic E-state index is 15.4. The van der Waals surface area contributed by atoms with Crippen LogP contribution in [-0.2, 0) is 13.6 Å². The largest absolute Gasteiger partial charge is 0.373 e. The van der Waals surface area contributed by atoms with Crippen LogP contribution >= 0.6 is 0 Å². The number of piperidine rings is 1. The van der Waals surface area contributed by atoms with Crippen LogP contribution in [0.5, 0.6) is 0 Å². The minimum absolute atomic E-state index is 0.0444. The van der Waals surface area contributed by atoms with E-state index in [0.717, 1.165) is 52.2 Å². The summed E-state index contributed by atoms with van der Waals surface area (Å²) in [6.07, 6.45) is 3.46. The molecule has 4 heterocycles. The van der Waals surface area contributed by atoms with Crippen molar-refractivity contribution >= 4 is 22.8 Å². The third-order valence-electron chi connectivity index (χ3n) is 7.36. The van der Waals surface area contributed by atoms with Crippen LogP contribution in [0.1, 0.15) is 34.0 Å². The third-order valence-corrected chi connectivity index (χ3v) is 7.36. The van der Waals surface area contributed by atoms with Gasteiger partial charge in [0.25, 0.3) is 5.91 Å². The van der Waals surface area contributed by atoms with Gasteiger partial charge in [0.05, 0.1) is 0 Å². The highest BCUT2D eigenvalue weighted by Crippen LogP contribution is 2.33. The molecule has 1 aliphatic heterocycles. The van der Waals surface area contributed by atoms with Crippen LogP contribution in [-0.4, -0.2) is 70.6 Å². The van der Waals surface area contributed by atoms with Crippen LogP contribution in [0.2, 0.25) is 0 Å². The summed E-state index contributed by atoms with van der Waals surface area (Å²) < 4.78 is 17.5. The van der Waals surface area contributed by atoms with Crippen LogP contribution in [0, 0.1) is 0 Å². The van der Waals surface area contributed by atoms with E-state index in [4.69, 9.17) is 0 Å². The van der Waals surface area contributed by atoms with E-state index in [1.807, 2.05) is 50.8 Å². The molecule has 192 valence electrons. The van der Waals surface area contributed by atoms with E-state index >= 15 is 4.39 Å². The minimum atomic E-state index is -0.968. The number of nitrogens with one attached hydrogen (secondary N) is 1. The first-order valence-electron chi connectivity index (χ1n) is 12.6. The summed E-state index contributed by atoms with van der Waals surface area (Å²) in [5.41, 5.74) is 5.71. The molecular weight excluding hydrogens is 467 g/mol. The molecule has 0 spiro atoms. The van der Waals surface area contributed by atoms with Crippen LogP contribution in [0.15, 0.2) is 60.9 Å². The summed E-state index contributed by atoms with van der Waals surface area (Å²) in [5, 5.41) is 4.12. The fourth-order valence-corrected chi connectivity index (χ4v) is 5.22. The van der Waals surface area contributed by atoms with Crippen LogP contribution in [0.4, 0.5) is 10.2 Å². The highest BCUT2D eigenvalue weighted by Gasteiger charge is 2.31. The fourth-order valence-electron chi connectivity index (χ4n) is 5.22. The fraction of sp³-hybridized carbons (Fsp3) is 0.345. The zero-order chi connectivity index (χ0) is 26.1. The molecule has 1 amide bonds. The number of fused-ring (bicyclic) bond motifs is 1. The van der Waals surface area contributed by atoms with Gasteiger partial charge in [0, 0.05) is 81.8 Å². The van der Waals surface area contributed by atoms with E-state index in [2.05, 4.69) is 36.9 Å². The van der Waals surface area contributed by atoms with Gasteiger partial charge in [0.2, 0.25) is 0 Å². The number of alkyl halides is 1. The second-order valence-corrected chi connectivity index (χ2v) is 9.94. The van der Waals surface area contributed by atoms with E-state index in [-0.39, 0.29) is 11.8 Å². The lowest BCUT2D eigenvalue weighted by Gasteiger charge is -2.35. The maximum absolute atomic E-state index is 15.4. The number of anilines is 1. The van der Waals surface area contributed by atoms with E-state index in [1.165, 1.54) is 0 Å². The van der Waals surface area contributed by atoms with Gasteiger partial charge in [-0.3, -0.25) is 9.69 Å². The third kappa shape index (κ3) is 4.93. The predicted molar refractivity (Wildman–Crippen MR) is 145 cm³/mol. The molecule has 5 rings (SSSR count). The summed E-state index contributed by atoms with van der Waals surface area (Å²) in [5.74, 6) is 0.621. The standard InChI is InChI=1S/C29H33FN6O/c1-31-27-10-9-21(16-33-27)23-11-13-32-28-25(23)15-22(35(28)4)17-36-14-12-24(26(30)18-36)19-5-7-20(8-6-19)29(37)34(2)3/h5-11,13,15-16,24,26H,12,14,17-18H2,1-4H3,(H,31,33)/t24?,26-/m1/s1. The molecular formula is C29H33FN6O. The first kappa shape index (κ1) is 24.9. The van der Waals surface area contributed by atoms with E-state index in [9.17, 15) is 4.79 Å². The van der Waals surface area contributed by atoms with Crippen molar-refractivity contribution in [2.75, 3.05) is 39.5 Å². The number of aromatic nitrogens is 3. The average molecular weight is 501 g/mol. The Balaban J connectivity index is 1.31. The molecule has 1 N–H and O–H groups in total. The lowest BCUT2D eigenvalue weighted by atomic mass is 9.87. The molecule has 1 unspecified atom stereocenters. The number of carbonyl (C=O) groups excluding carboxylic acids is 1. The highest BCUT2D eigenvalue weighted by atomic mass is 19.1. The van der Waals surface area contributed by atoms with E-state index < -0.39 is 6.17 Å². The number of carbonyl (C=O) groups is 1. The molecule has 3 aromatic heterocycles. The van der Waals surface area contributed by atoms with E-state index in [0.29, 0.717) is 18.7 Å². The van der Waals surface area contributed by atoms with Crippen molar-refractivity contribution in [3.05, 3.63) is 77.7 Å². The summed E-state index contributed by atoms with van der Waals surface area (Å²) in [4.78, 5) is 25.0. The van der Waals surface area contributed by atoms with Gasteiger partial charge in [0.15, 0.2) is 0 Å². The van der Waals surface area contributed by atoms with Crippen molar-refractivity contribution < 1.29 is 9.18 Å². The Morgan fingerprint density at radius 3 is 2.57 bits per heavy atom. The Morgan fingerprint density at radius 1 is 1.14 bits per heavy atom. The Morgan fingerprint density at radius 2 is 1.92 bits per heavy atom. The van der Waals surface area contributed by atoms with Gasteiger partial charge in [-0.25, -0.2) is 14.4 Å². The second-order valence-electron chi connectivity index (χ2n) is 9.94. The minimum Gasteiger partial charge on any atom is -0.373 e. The number of benzene rings is 1. The zero-order valence-electron chi connectivity index (χ0n) is 21.8. The first-order valence-corrected chi connectivity index (χ1v) is 12.6. The number of amides is 1. The molecule has 1 fully saturated rings. The van der Waals surface area contributed by atoms with Crippen molar-refractivity contribution in [3.63, 3.8) is 0 Å². The molecule has 7 nitrogen and oxygen atoms in total. The SMILES string of the molecule is CNc1ccc(-c2ccnc3c2cc(CN2CCC(c4ccc(C(=O)N(C)C)cc4)[C@H](F)C2)n3C)cn1. The summed E-state index contributed by atoms with van der Waals surface area (Å²) >= 11 is 0. The predicted octanol–water partition coefficient (Wildman–Crippen LogP) is 4.71. The lowest BCUT2D eigenvalue weighted by molar-refractivity contribution is 0.0827. The topological polar surface area (TPSA) is 66.3 Å². The van der Waals surface area contributed by atoms with Crippen LogP contribution in [0.25, 0.3) is 22.2 Å². The number of aryl methyl sites for hydroxylation is 1. The Hall–Kier alpha value is -3.78. The van der Waals surface area contributed by atoms with Crippen molar-refractivity contribution in [2.45, 2.75) is 25.1 Å².